The van der Waals surface area contributed by atoms with Gasteiger partial charge in [0.05, 0.1) is 16.1 Å². The Morgan fingerprint density at radius 1 is 1.31 bits per heavy atom. The minimum Gasteiger partial charge on any atom is -0.396 e. The predicted octanol–water partition coefficient (Wildman–Crippen LogP) is 5.04. The molecule has 5 nitrogen and oxygen atoms in total. The summed E-state index contributed by atoms with van der Waals surface area (Å²) in [6.07, 6.45) is 2.73. The van der Waals surface area contributed by atoms with Gasteiger partial charge >= 0.3 is 0 Å². The van der Waals surface area contributed by atoms with Gasteiger partial charge in [-0.3, -0.25) is 4.79 Å². The van der Waals surface area contributed by atoms with E-state index in [-0.39, 0.29) is 49.8 Å². The second-order valence-corrected chi connectivity index (χ2v) is 9.49. The van der Waals surface area contributed by atoms with Crippen LogP contribution in [-0.4, -0.2) is 47.7 Å². The van der Waals surface area contributed by atoms with Crippen LogP contribution in [0, 0.1) is 11.8 Å². The maximum atomic E-state index is 13.7. The molecular weight excluding hydrogens is 436 g/mol. The average molecular weight is 466 g/mol. The van der Waals surface area contributed by atoms with Gasteiger partial charge in [0, 0.05) is 49.9 Å². The summed E-state index contributed by atoms with van der Waals surface area (Å²) in [5, 5.41) is 13.4. The average Bonchev–Trinajstić information content (AvgIpc) is 3.19. The zero-order valence-electron chi connectivity index (χ0n) is 18.3. The van der Waals surface area contributed by atoms with Gasteiger partial charge in [0.2, 0.25) is 5.92 Å². The smallest absolute Gasteiger partial charge is 0.253 e. The molecule has 2 unspecified atom stereocenters. The van der Waals surface area contributed by atoms with E-state index in [2.05, 4.69) is 17.1 Å². The molecule has 1 saturated carbocycles. The molecule has 8 heteroatoms. The van der Waals surface area contributed by atoms with Crippen molar-refractivity contribution in [1.82, 2.24) is 10.3 Å². The Morgan fingerprint density at radius 3 is 2.84 bits per heavy atom. The summed E-state index contributed by atoms with van der Waals surface area (Å²) >= 11 is 6.37. The molecule has 2 heterocycles. The van der Waals surface area contributed by atoms with Crippen LogP contribution < -0.4 is 10.2 Å². The van der Waals surface area contributed by atoms with Crippen LogP contribution in [0.5, 0.6) is 0 Å². The fourth-order valence-corrected chi connectivity index (χ4v) is 5.55. The Morgan fingerprint density at radius 2 is 2.12 bits per heavy atom. The quantitative estimate of drug-likeness (QED) is 0.627. The Labute approximate surface area is 192 Å². The topological polar surface area (TPSA) is 65.5 Å². The number of anilines is 1. The van der Waals surface area contributed by atoms with Gasteiger partial charge in [-0.2, -0.15) is 0 Å². The summed E-state index contributed by atoms with van der Waals surface area (Å²) in [4.78, 5) is 20.0. The molecule has 32 heavy (non-hydrogen) atoms. The third kappa shape index (κ3) is 4.69. The Balaban J connectivity index is 1.54. The molecule has 2 fully saturated rings. The fraction of sp³-hybridized carbons (Fsp3) is 0.583. The molecule has 1 aromatic carbocycles. The summed E-state index contributed by atoms with van der Waals surface area (Å²) in [7, 11) is 0. The molecule has 0 radical (unpaired) electrons. The number of fused-ring (bicyclic) bond motifs is 1. The lowest BCUT2D eigenvalue weighted by Gasteiger charge is -2.29. The van der Waals surface area contributed by atoms with Crippen molar-refractivity contribution < 1.29 is 18.7 Å². The van der Waals surface area contributed by atoms with Gasteiger partial charge in [-0.25, -0.2) is 13.8 Å². The molecule has 4 rings (SSSR count). The van der Waals surface area contributed by atoms with E-state index in [1.807, 2.05) is 12.1 Å². The van der Waals surface area contributed by atoms with Crippen molar-refractivity contribution in [3.63, 3.8) is 0 Å². The summed E-state index contributed by atoms with van der Waals surface area (Å²) < 4.78 is 27.4. The van der Waals surface area contributed by atoms with Crippen LogP contribution in [0.4, 0.5) is 14.6 Å². The number of carbonyl (C=O) groups is 1. The molecule has 2 aliphatic rings. The number of carbonyl (C=O) groups excluding carboxylic acids is 1. The third-order valence-corrected chi connectivity index (χ3v) is 7.27. The number of aliphatic hydroxyl groups excluding tert-OH is 1. The number of aliphatic hydroxyl groups is 1. The maximum Gasteiger partial charge on any atom is 0.253 e. The zero-order valence-corrected chi connectivity index (χ0v) is 19.0. The predicted molar refractivity (Wildman–Crippen MR) is 123 cm³/mol. The molecular formula is C24H30ClF2N3O2. The van der Waals surface area contributed by atoms with E-state index in [9.17, 15) is 18.7 Å². The molecule has 1 aliphatic heterocycles. The Bertz CT molecular complexity index is 987. The molecule has 1 amide bonds. The van der Waals surface area contributed by atoms with Crippen LogP contribution in [0.25, 0.3) is 10.9 Å². The molecule has 2 N–H and O–H groups in total. The van der Waals surface area contributed by atoms with Crippen LogP contribution in [0.3, 0.4) is 0 Å². The summed E-state index contributed by atoms with van der Waals surface area (Å²) in [5.74, 6) is -2.19. The number of hydrogen-bond donors (Lipinski definition) is 2. The van der Waals surface area contributed by atoms with Crippen molar-refractivity contribution in [3.8, 4) is 0 Å². The molecule has 0 spiro atoms. The number of rotatable bonds is 6. The van der Waals surface area contributed by atoms with E-state index in [4.69, 9.17) is 16.6 Å². The van der Waals surface area contributed by atoms with Crippen molar-refractivity contribution in [2.45, 2.75) is 57.4 Å². The summed E-state index contributed by atoms with van der Waals surface area (Å²) in [5.41, 5.74) is 0.982. The maximum absolute atomic E-state index is 13.7. The number of alkyl halides is 2. The van der Waals surface area contributed by atoms with E-state index in [0.29, 0.717) is 34.3 Å². The first-order valence-electron chi connectivity index (χ1n) is 11.5. The van der Waals surface area contributed by atoms with Crippen molar-refractivity contribution in [2.24, 2.45) is 11.8 Å². The van der Waals surface area contributed by atoms with Gasteiger partial charge < -0.3 is 15.3 Å². The highest BCUT2D eigenvalue weighted by Crippen LogP contribution is 2.37. The zero-order chi connectivity index (χ0) is 22.9. The van der Waals surface area contributed by atoms with Crippen molar-refractivity contribution in [3.05, 3.63) is 34.9 Å². The Kier molecular flexibility index (Phi) is 6.86. The molecule has 2 aromatic rings. The van der Waals surface area contributed by atoms with Gasteiger partial charge in [-0.1, -0.05) is 18.5 Å². The van der Waals surface area contributed by atoms with Gasteiger partial charge in [0.25, 0.3) is 5.91 Å². The Hall–Kier alpha value is -1.99. The molecule has 174 valence electrons. The number of amides is 1. The van der Waals surface area contributed by atoms with Gasteiger partial charge in [-0.05, 0) is 55.9 Å². The van der Waals surface area contributed by atoms with E-state index < -0.39 is 5.92 Å². The minimum atomic E-state index is -2.65. The standard InChI is InChI=1S/C24H30ClF2N3O2/c1-2-20-16(14-31)9-11-30(20)21-8-5-17-19(29-21)7-6-18(25)22(17)23(32)28-13-15-4-3-10-24(26,27)12-15/h5-8,15-16,20,31H,2-4,9-14H2,1H3,(H,28,32)/t15?,16?,20-/m0/s1. The van der Waals surface area contributed by atoms with Crippen LogP contribution in [0.15, 0.2) is 24.3 Å². The van der Waals surface area contributed by atoms with E-state index in [1.165, 1.54) is 0 Å². The third-order valence-electron chi connectivity index (χ3n) is 6.96. The van der Waals surface area contributed by atoms with Crippen molar-refractivity contribution >= 4 is 34.2 Å². The number of halogens is 3. The van der Waals surface area contributed by atoms with Crippen LogP contribution >= 0.6 is 11.6 Å². The molecule has 1 aliphatic carbocycles. The van der Waals surface area contributed by atoms with E-state index >= 15 is 0 Å². The number of nitrogens with one attached hydrogen (secondary N) is 1. The fourth-order valence-electron chi connectivity index (χ4n) is 5.30. The number of benzene rings is 1. The molecule has 1 saturated heterocycles. The van der Waals surface area contributed by atoms with Gasteiger partial charge in [0.1, 0.15) is 5.82 Å². The monoisotopic (exact) mass is 465 g/mol. The van der Waals surface area contributed by atoms with Crippen LogP contribution in [-0.2, 0) is 0 Å². The number of hydrogen-bond acceptors (Lipinski definition) is 4. The highest BCUT2D eigenvalue weighted by atomic mass is 35.5. The molecule has 1 aromatic heterocycles. The summed E-state index contributed by atoms with van der Waals surface area (Å²) in [6.45, 7) is 3.31. The summed E-state index contributed by atoms with van der Waals surface area (Å²) in [6, 6.07) is 7.42. The van der Waals surface area contributed by atoms with Gasteiger partial charge in [-0.15, -0.1) is 0 Å². The lowest BCUT2D eigenvalue weighted by molar-refractivity contribution is -0.0518. The van der Waals surface area contributed by atoms with Crippen LogP contribution in [0.2, 0.25) is 5.02 Å². The highest BCUT2D eigenvalue weighted by molar-refractivity contribution is 6.35. The number of nitrogens with zero attached hydrogens (tertiary/aromatic N) is 2. The molecule has 0 bridgehead atoms. The van der Waals surface area contributed by atoms with Crippen LogP contribution in [0.1, 0.15) is 55.8 Å². The lowest BCUT2D eigenvalue weighted by atomic mass is 9.86. The lowest BCUT2D eigenvalue weighted by Crippen LogP contribution is -2.35. The van der Waals surface area contributed by atoms with E-state index in [0.717, 1.165) is 25.2 Å². The normalized spacial score (nSPS) is 25.3. The first kappa shape index (κ1) is 23.2. The number of aromatic nitrogens is 1. The van der Waals surface area contributed by atoms with Crippen molar-refractivity contribution in [2.75, 3.05) is 24.6 Å². The SMILES string of the molecule is CC[C@H]1C(CO)CCN1c1ccc2c(C(=O)NCC3CCCC(F)(F)C3)c(Cl)ccc2n1. The highest BCUT2D eigenvalue weighted by Gasteiger charge is 2.36. The second kappa shape index (κ2) is 9.48. The second-order valence-electron chi connectivity index (χ2n) is 9.09. The molecule has 3 atom stereocenters. The number of pyridine rings is 1. The van der Waals surface area contributed by atoms with E-state index in [1.54, 1.807) is 12.1 Å². The first-order valence-corrected chi connectivity index (χ1v) is 11.8. The van der Waals surface area contributed by atoms with Gasteiger partial charge in [0.15, 0.2) is 0 Å². The largest absolute Gasteiger partial charge is 0.396 e. The first-order chi connectivity index (χ1) is 15.3. The minimum absolute atomic E-state index is 0.0739. The van der Waals surface area contributed by atoms with Crippen molar-refractivity contribution in [1.29, 1.82) is 0 Å².